The molecule has 5 nitrogen and oxygen atoms in total. The van der Waals surface area contributed by atoms with Crippen LogP contribution in [0.25, 0.3) is 0 Å². The average molecular weight is 304 g/mol. The lowest BCUT2D eigenvalue weighted by molar-refractivity contribution is 0.0953. The van der Waals surface area contributed by atoms with Gasteiger partial charge in [-0.1, -0.05) is 6.07 Å². The summed E-state index contributed by atoms with van der Waals surface area (Å²) in [5.41, 5.74) is 2.54. The molecule has 0 aliphatic heterocycles. The standard InChI is InChI=1S/C15H16N2O3S/c16-17-15(19)11-2-1-3-13(10-11)20-8-9-21-14-6-4-12(18)5-7-14/h1-7,10,18H,8-9,16H2,(H,17,19). The predicted molar refractivity (Wildman–Crippen MR) is 82.4 cm³/mol. The molecule has 0 radical (unpaired) electrons. The molecule has 2 aromatic rings. The first kappa shape index (κ1) is 15.2. The van der Waals surface area contributed by atoms with Crippen LogP contribution in [0.4, 0.5) is 0 Å². The van der Waals surface area contributed by atoms with Gasteiger partial charge in [0.2, 0.25) is 0 Å². The Kier molecular flexibility index (Phi) is 5.48. The fraction of sp³-hybridized carbons (Fsp3) is 0.133. The second-order valence-corrected chi connectivity index (χ2v) is 5.36. The lowest BCUT2D eigenvalue weighted by Crippen LogP contribution is -2.29. The van der Waals surface area contributed by atoms with Crippen LogP contribution in [0.1, 0.15) is 10.4 Å². The van der Waals surface area contributed by atoms with Crippen molar-refractivity contribution in [2.24, 2.45) is 5.84 Å². The van der Waals surface area contributed by atoms with Gasteiger partial charge in [0, 0.05) is 16.2 Å². The van der Waals surface area contributed by atoms with Crippen molar-refractivity contribution < 1.29 is 14.6 Å². The number of nitrogen functional groups attached to an aromatic ring is 1. The van der Waals surface area contributed by atoms with E-state index in [1.54, 1.807) is 48.2 Å². The zero-order valence-electron chi connectivity index (χ0n) is 11.3. The third kappa shape index (κ3) is 4.70. The summed E-state index contributed by atoms with van der Waals surface area (Å²) in [7, 11) is 0. The summed E-state index contributed by atoms with van der Waals surface area (Å²) in [5.74, 6) is 6.39. The third-order valence-corrected chi connectivity index (χ3v) is 3.66. The SMILES string of the molecule is NNC(=O)c1cccc(OCCSc2ccc(O)cc2)c1. The highest BCUT2D eigenvalue weighted by Crippen LogP contribution is 2.21. The van der Waals surface area contributed by atoms with E-state index in [1.165, 1.54) is 0 Å². The average Bonchev–Trinajstić information content (AvgIpc) is 2.53. The third-order valence-electron chi connectivity index (χ3n) is 2.68. The molecule has 6 heteroatoms. The Morgan fingerprint density at radius 2 is 2.00 bits per heavy atom. The van der Waals surface area contributed by atoms with Gasteiger partial charge in [-0.05, 0) is 42.5 Å². The molecule has 0 spiro atoms. The van der Waals surface area contributed by atoms with E-state index in [-0.39, 0.29) is 11.7 Å². The van der Waals surface area contributed by atoms with Gasteiger partial charge in [0.15, 0.2) is 0 Å². The van der Waals surface area contributed by atoms with Crippen LogP contribution in [0.5, 0.6) is 11.5 Å². The number of hydrazine groups is 1. The molecule has 0 aromatic heterocycles. The predicted octanol–water partition coefficient (Wildman–Crippen LogP) is 2.17. The Morgan fingerprint density at radius 3 is 2.71 bits per heavy atom. The molecule has 0 aliphatic rings. The number of ether oxygens (including phenoxy) is 1. The number of amides is 1. The summed E-state index contributed by atoms with van der Waals surface area (Å²) < 4.78 is 5.60. The molecule has 0 aliphatic carbocycles. The van der Waals surface area contributed by atoms with Crippen LogP contribution in [0.15, 0.2) is 53.4 Å². The number of nitrogens with one attached hydrogen (secondary N) is 1. The van der Waals surface area contributed by atoms with E-state index in [2.05, 4.69) is 5.43 Å². The number of phenols is 1. The lowest BCUT2D eigenvalue weighted by atomic mass is 10.2. The van der Waals surface area contributed by atoms with E-state index >= 15 is 0 Å². The second kappa shape index (κ2) is 7.56. The van der Waals surface area contributed by atoms with Crippen molar-refractivity contribution in [1.29, 1.82) is 0 Å². The quantitative estimate of drug-likeness (QED) is 0.250. The van der Waals surface area contributed by atoms with Crippen molar-refractivity contribution in [3.8, 4) is 11.5 Å². The minimum atomic E-state index is -0.348. The monoisotopic (exact) mass is 304 g/mol. The highest BCUT2D eigenvalue weighted by Gasteiger charge is 2.04. The summed E-state index contributed by atoms with van der Waals surface area (Å²) in [6.45, 7) is 0.513. The highest BCUT2D eigenvalue weighted by molar-refractivity contribution is 7.99. The largest absolute Gasteiger partial charge is 0.508 e. The first-order valence-electron chi connectivity index (χ1n) is 6.34. The van der Waals surface area contributed by atoms with Crippen molar-refractivity contribution in [3.63, 3.8) is 0 Å². The fourth-order valence-electron chi connectivity index (χ4n) is 1.67. The number of nitrogens with two attached hydrogens (primary N) is 1. The molecule has 4 N–H and O–H groups in total. The number of carbonyl (C=O) groups is 1. The summed E-state index contributed by atoms with van der Waals surface area (Å²) in [5, 5.41) is 9.19. The van der Waals surface area contributed by atoms with Crippen LogP contribution in [0.3, 0.4) is 0 Å². The van der Waals surface area contributed by atoms with E-state index in [4.69, 9.17) is 10.6 Å². The first-order chi connectivity index (χ1) is 10.2. The Morgan fingerprint density at radius 1 is 1.24 bits per heavy atom. The van der Waals surface area contributed by atoms with E-state index in [0.717, 1.165) is 10.6 Å². The Balaban J connectivity index is 1.80. The number of hydrogen-bond donors (Lipinski definition) is 3. The fourth-order valence-corrected chi connectivity index (χ4v) is 2.40. The van der Waals surface area contributed by atoms with Crippen LogP contribution < -0.4 is 16.0 Å². The molecule has 0 fully saturated rings. The van der Waals surface area contributed by atoms with Gasteiger partial charge in [-0.15, -0.1) is 11.8 Å². The number of aromatic hydroxyl groups is 1. The Labute approximate surface area is 127 Å². The Hall–Kier alpha value is -2.18. The van der Waals surface area contributed by atoms with Gasteiger partial charge < -0.3 is 9.84 Å². The summed E-state index contributed by atoms with van der Waals surface area (Å²) in [4.78, 5) is 12.5. The minimum absolute atomic E-state index is 0.255. The molecule has 2 rings (SSSR count). The van der Waals surface area contributed by atoms with Crippen molar-refractivity contribution in [3.05, 3.63) is 54.1 Å². The zero-order valence-corrected chi connectivity index (χ0v) is 12.1. The maximum Gasteiger partial charge on any atom is 0.265 e. The van der Waals surface area contributed by atoms with Crippen LogP contribution in [0, 0.1) is 0 Å². The van der Waals surface area contributed by atoms with Gasteiger partial charge in [0.1, 0.15) is 11.5 Å². The van der Waals surface area contributed by atoms with Crippen LogP contribution in [0.2, 0.25) is 0 Å². The van der Waals surface area contributed by atoms with E-state index < -0.39 is 0 Å². The molecule has 0 bridgehead atoms. The number of thioether (sulfide) groups is 1. The molecule has 0 atom stereocenters. The van der Waals surface area contributed by atoms with Gasteiger partial charge >= 0.3 is 0 Å². The first-order valence-corrected chi connectivity index (χ1v) is 7.33. The van der Waals surface area contributed by atoms with Crippen molar-refractivity contribution >= 4 is 17.7 Å². The van der Waals surface area contributed by atoms with E-state index in [0.29, 0.717) is 17.9 Å². The molecule has 0 unspecified atom stereocenters. The molecular weight excluding hydrogens is 288 g/mol. The van der Waals surface area contributed by atoms with Gasteiger partial charge in [-0.25, -0.2) is 5.84 Å². The molecule has 2 aromatic carbocycles. The molecule has 110 valence electrons. The van der Waals surface area contributed by atoms with Crippen LogP contribution in [-0.2, 0) is 0 Å². The zero-order chi connectivity index (χ0) is 15.1. The molecule has 0 heterocycles. The minimum Gasteiger partial charge on any atom is -0.508 e. The van der Waals surface area contributed by atoms with E-state index in [1.807, 2.05) is 12.1 Å². The van der Waals surface area contributed by atoms with Crippen molar-refractivity contribution in [2.45, 2.75) is 4.90 Å². The molecular formula is C15H16N2O3S. The van der Waals surface area contributed by atoms with Crippen LogP contribution >= 0.6 is 11.8 Å². The van der Waals surface area contributed by atoms with Gasteiger partial charge in [-0.3, -0.25) is 10.2 Å². The maximum atomic E-state index is 11.4. The number of phenolic OH excluding ortho intramolecular Hbond substituents is 1. The van der Waals surface area contributed by atoms with Gasteiger partial charge in [0.25, 0.3) is 5.91 Å². The topological polar surface area (TPSA) is 84.6 Å². The summed E-state index contributed by atoms with van der Waals surface area (Å²) >= 11 is 1.63. The van der Waals surface area contributed by atoms with Crippen molar-refractivity contribution in [2.75, 3.05) is 12.4 Å². The Bertz CT molecular complexity index is 602. The van der Waals surface area contributed by atoms with Crippen LogP contribution in [-0.4, -0.2) is 23.4 Å². The number of benzene rings is 2. The highest BCUT2D eigenvalue weighted by atomic mass is 32.2. The normalized spacial score (nSPS) is 10.1. The lowest BCUT2D eigenvalue weighted by Gasteiger charge is -2.07. The van der Waals surface area contributed by atoms with Gasteiger partial charge in [0.05, 0.1) is 6.61 Å². The maximum absolute atomic E-state index is 11.4. The molecule has 21 heavy (non-hydrogen) atoms. The molecule has 1 amide bonds. The number of rotatable bonds is 6. The summed E-state index contributed by atoms with van der Waals surface area (Å²) in [6, 6.07) is 13.9. The van der Waals surface area contributed by atoms with Crippen molar-refractivity contribution in [1.82, 2.24) is 5.43 Å². The molecule has 0 saturated carbocycles. The number of hydrogen-bond acceptors (Lipinski definition) is 5. The van der Waals surface area contributed by atoms with Gasteiger partial charge in [-0.2, -0.15) is 0 Å². The smallest absolute Gasteiger partial charge is 0.265 e. The summed E-state index contributed by atoms with van der Waals surface area (Å²) in [6.07, 6.45) is 0. The number of carbonyl (C=O) groups excluding carboxylic acids is 1. The molecule has 0 saturated heterocycles. The van der Waals surface area contributed by atoms with E-state index in [9.17, 15) is 9.90 Å². The second-order valence-electron chi connectivity index (χ2n) is 4.19.